The highest BCUT2D eigenvalue weighted by Crippen LogP contribution is 2.14. The predicted octanol–water partition coefficient (Wildman–Crippen LogP) is 4.96. The van der Waals surface area contributed by atoms with Crippen LogP contribution in [0.4, 0.5) is 4.39 Å². The lowest BCUT2D eigenvalue weighted by molar-refractivity contribution is 0.617. The quantitative estimate of drug-likeness (QED) is 0.730. The fourth-order valence-electron chi connectivity index (χ4n) is 2.01. The standard InChI is InChI=1S/C16H16ClF/c1-12-11-14(7-10-16(12)18)4-2-3-13-5-8-15(17)9-6-13/h5-11H,2-4H2,1H3. The fourth-order valence-corrected chi connectivity index (χ4v) is 2.14. The monoisotopic (exact) mass is 262 g/mol. The van der Waals surface area contributed by atoms with E-state index in [1.165, 1.54) is 11.1 Å². The van der Waals surface area contributed by atoms with E-state index in [-0.39, 0.29) is 5.82 Å². The van der Waals surface area contributed by atoms with Gasteiger partial charge in [0.05, 0.1) is 0 Å². The second kappa shape index (κ2) is 6.01. The van der Waals surface area contributed by atoms with Crippen LogP contribution < -0.4 is 0 Å². The molecule has 94 valence electrons. The van der Waals surface area contributed by atoms with Gasteiger partial charge in [-0.15, -0.1) is 0 Å². The average Bonchev–Trinajstić information content (AvgIpc) is 2.36. The van der Waals surface area contributed by atoms with Crippen LogP contribution in [0.5, 0.6) is 0 Å². The highest BCUT2D eigenvalue weighted by atomic mass is 35.5. The van der Waals surface area contributed by atoms with E-state index >= 15 is 0 Å². The van der Waals surface area contributed by atoms with Gasteiger partial charge in [-0.3, -0.25) is 0 Å². The lowest BCUT2D eigenvalue weighted by atomic mass is 10.0. The SMILES string of the molecule is Cc1cc(CCCc2ccc(Cl)cc2)ccc1F. The average molecular weight is 263 g/mol. The largest absolute Gasteiger partial charge is 0.207 e. The molecule has 0 amide bonds. The number of rotatable bonds is 4. The fraction of sp³-hybridized carbons (Fsp3) is 0.250. The van der Waals surface area contributed by atoms with Crippen molar-refractivity contribution >= 4 is 11.6 Å². The maximum absolute atomic E-state index is 13.1. The molecule has 0 N–H and O–H groups in total. The van der Waals surface area contributed by atoms with Crippen molar-refractivity contribution in [3.8, 4) is 0 Å². The van der Waals surface area contributed by atoms with E-state index in [4.69, 9.17) is 11.6 Å². The van der Waals surface area contributed by atoms with Gasteiger partial charge in [0.15, 0.2) is 0 Å². The molecular formula is C16H16ClF. The van der Waals surface area contributed by atoms with Gasteiger partial charge >= 0.3 is 0 Å². The summed E-state index contributed by atoms with van der Waals surface area (Å²) in [6.07, 6.45) is 3.06. The molecule has 0 nitrogen and oxygen atoms in total. The summed E-state index contributed by atoms with van der Waals surface area (Å²) < 4.78 is 13.1. The Morgan fingerprint density at radius 1 is 0.944 bits per heavy atom. The smallest absolute Gasteiger partial charge is 0.126 e. The van der Waals surface area contributed by atoms with Gasteiger partial charge in [0.2, 0.25) is 0 Å². The van der Waals surface area contributed by atoms with Crippen LogP contribution in [0.3, 0.4) is 0 Å². The van der Waals surface area contributed by atoms with E-state index in [1.54, 1.807) is 13.0 Å². The van der Waals surface area contributed by atoms with Gasteiger partial charge in [0.25, 0.3) is 0 Å². The number of hydrogen-bond acceptors (Lipinski definition) is 0. The Labute approximate surface area is 112 Å². The molecule has 2 aromatic rings. The van der Waals surface area contributed by atoms with Crippen LogP contribution >= 0.6 is 11.6 Å². The zero-order chi connectivity index (χ0) is 13.0. The van der Waals surface area contributed by atoms with Gasteiger partial charge in [-0.25, -0.2) is 4.39 Å². The first-order valence-electron chi connectivity index (χ1n) is 6.14. The molecule has 0 unspecified atom stereocenters. The van der Waals surface area contributed by atoms with Crippen LogP contribution in [0.15, 0.2) is 42.5 Å². The van der Waals surface area contributed by atoms with Crippen molar-refractivity contribution in [3.05, 3.63) is 70.0 Å². The minimum atomic E-state index is -0.128. The third-order valence-electron chi connectivity index (χ3n) is 3.07. The van der Waals surface area contributed by atoms with Crippen LogP contribution in [-0.2, 0) is 12.8 Å². The van der Waals surface area contributed by atoms with E-state index in [9.17, 15) is 4.39 Å². The van der Waals surface area contributed by atoms with Crippen molar-refractivity contribution in [1.29, 1.82) is 0 Å². The first-order valence-corrected chi connectivity index (χ1v) is 6.52. The van der Waals surface area contributed by atoms with Gasteiger partial charge < -0.3 is 0 Å². The van der Waals surface area contributed by atoms with Crippen molar-refractivity contribution in [2.75, 3.05) is 0 Å². The Morgan fingerprint density at radius 2 is 1.56 bits per heavy atom. The summed E-state index contributed by atoms with van der Waals surface area (Å²) in [7, 11) is 0. The second-order valence-corrected chi connectivity index (χ2v) is 5.00. The van der Waals surface area contributed by atoms with Crippen LogP contribution in [0.1, 0.15) is 23.1 Å². The van der Waals surface area contributed by atoms with Gasteiger partial charge in [0, 0.05) is 5.02 Å². The van der Waals surface area contributed by atoms with E-state index in [2.05, 4.69) is 12.1 Å². The Balaban J connectivity index is 1.88. The van der Waals surface area contributed by atoms with Crippen LogP contribution in [0.25, 0.3) is 0 Å². The third kappa shape index (κ3) is 3.58. The summed E-state index contributed by atoms with van der Waals surface area (Å²) in [5.74, 6) is -0.128. The van der Waals surface area contributed by atoms with E-state index in [0.29, 0.717) is 0 Å². The number of hydrogen-bond donors (Lipinski definition) is 0. The Hall–Kier alpha value is -1.34. The first-order chi connectivity index (χ1) is 8.65. The van der Waals surface area contributed by atoms with Gasteiger partial charge in [-0.2, -0.15) is 0 Å². The lowest BCUT2D eigenvalue weighted by Crippen LogP contribution is -1.92. The van der Waals surface area contributed by atoms with E-state index in [1.807, 2.05) is 24.3 Å². The number of halogens is 2. The van der Waals surface area contributed by atoms with Crippen LogP contribution in [0, 0.1) is 12.7 Å². The molecule has 0 aliphatic heterocycles. The van der Waals surface area contributed by atoms with Crippen LogP contribution in [0.2, 0.25) is 5.02 Å². The molecule has 0 atom stereocenters. The summed E-state index contributed by atoms with van der Waals surface area (Å²) in [4.78, 5) is 0. The van der Waals surface area contributed by atoms with Crippen LogP contribution in [-0.4, -0.2) is 0 Å². The van der Waals surface area contributed by atoms with E-state index < -0.39 is 0 Å². The molecule has 2 heteroatoms. The lowest BCUT2D eigenvalue weighted by Gasteiger charge is -2.04. The first kappa shape index (κ1) is 13.1. The molecular weight excluding hydrogens is 247 g/mol. The molecule has 0 aromatic heterocycles. The summed E-state index contributed by atoms with van der Waals surface area (Å²) in [6, 6.07) is 13.3. The highest BCUT2D eigenvalue weighted by Gasteiger charge is 2.00. The summed E-state index contributed by atoms with van der Waals surface area (Å²) >= 11 is 5.84. The Bertz CT molecular complexity index is 517. The van der Waals surface area contributed by atoms with Crippen molar-refractivity contribution < 1.29 is 4.39 Å². The number of aryl methyl sites for hydroxylation is 3. The normalized spacial score (nSPS) is 10.6. The molecule has 0 fully saturated rings. The zero-order valence-electron chi connectivity index (χ0n) is 10.4. The minimum absolute atomic E-state index is 0.128. The molecule has 0 spiro atoms. The third-order valence-corrected chi connectivity index (χ3v) is 3.32. The Morgan fingerprint density at radius 3 is 2.22 bits per heavy atom. The maximum atomic E-state index is 13.1. The van der Waals surface area contributed by atoms with Gasteiger partial charge in [-0.05, 0) is 61.1 Å². The Kier molecular flexibility index (Phi) is 4.38. The summed E-state index contributed by atoms with van der Waals surface area (Å²) in [5, 5.41) is 0.771. The zero-order valence-corrected chi connectivity index (χ0v) is 11.2. The maximum Gasteiger partial charge on any atom is 0.126 e. The molecule has 2 rings (SSSR count). The minimum Gasteiger partial charge on any atom is -0.207 e. The molecule has 0 saturated heterocycles. The topological polar surface area (TPSA) is 0 Å². The van der Waals surface area contributed by atoms with Gasteiger partial charge in [0.1, 0.15) is 5.82 Å². The molecule has 0 saturated carbocycles. The number of benzene rings is 2. The van der Waals surface area contributed by atoms with Crippen molar-refractivity contribution in [1.82, 2.24) is 0 Å². The van der Waals surface area contributed by atoms with Crippen molar-refractivity contribution in [2.45, 2.75) is 26.2 Å². The molecule has 0 heterocycles. The molecule has 0 bridgehead atoms. The summed E-state index contributed by atoms with van der Waals surface area (Å²) in [6.45, 7) is 1.80. The molecule has 0 radical (unpaired) electrons. The van der Waals surface area contributed by atoms with E-state index in [0.717, 1.165) is 29.8 Å². The van der Waals surface area contributed by atoms with Gasteiger partial charge in [-0.1, -0.05) is 35.9 Å². The molecule has 0 aliphatic carbocycles. The van der Waals surface area contributed by atoms with Crippen molar-refractivity contribution in [3.63, 3.8) is 0 Å². The predicted molar refractivity (Wildman–Crippen MR) is 74.6 cm³/mol. The van der Waals surface area contributed by atoms with Crippen molar-refractivity contribution in [2.24, 2.45) is 0 Å². The molecule has 18 heavy (non-hydrogen) atoms. The molecule has 0 aliphatic rings. The summed E-state index contributed by atoms with van der Waals surface area (Å²) in [5.41, 5.74) is 3.21. The molecule has 2 aromatic carbocycles. The second-order valence-electron chi connectivity index (χ2n) is 4.56. The highest BCUT2D eigenvalue weighted by molar-refractivity contribution is 6.30.